The van der Waals surface area contributed by atoms with Crippen LogP contribution in [0.15, 0.2) is 42.5 Å². The lowest BCUT2D eigenvalue weighted by Gasteiger charge is -2.07. The molecule has 0 aliphatic carbocycles. The van der Waals surface area contributed by atoms with E-state index in [0.717, 1.165) is 55.7 Å². The SMILES string of the molecule is COc1cccc(C(=O)Cn2c3[n+](c4ccc(C(F)(F)F)cc42)CCCCC3)c1.[Br-]. The summed E-state index contributed by atoms with van der Waals surface area (Å²) in [5, 5.41) is 0. The van der Waals surface area contributed by atoms with Crippen molar-refractivity contribution in [1.29, 1.82) is 0 Å². The van der Waals surface area contributed by atoms with Crippen molar-refractivity contribution in [2.24, 2.45) is 0 Å². The minimum absolute atomic E-state index is 0. The van der Waals surface area contributed by atoms with Crippen LogP contribution in [-0.2, 0) is 25.7 Å². The molecule has 8 heteroatoms. The van der Waals surface area contributed by atoms with E-state index in [1.807, 2.05) is 0 Å². The van der Waals surface area contributed by atoms with Crippen molar-refractivity contribution in [3.8, 4) is 5.75 Å². The second-order valence-electron chi connectivity index (χ2n) is 7.32. The smallest absolute Gasteiger partial charge is 0.416 e. The van der Waals surface area contributed by atoms with Crippen LogP contribution in [0, 0.1) is 0 Å². The molecular formula is C22H22BrF3N2O2. The molecule has 0 radical (unpaired) electrons. The number of fused-ring (bicyclic) bond motifs is 3. The Morgan fingerprint density at radius 3 is 2.67 bits per heavy atom. The second kappa shape index (κ2) is 8.79. The van der Waals surface area contributed by atoms with E-state index in [-0.39, 0.29) is 29.3 Å². The number of rotatable bonds is 4. The number of aryl methyl sites for hydroxylation is 1. The summed E-state index contributed by atoms with van der Waals surface area (Å²) in [6.45, 7) is 0.741. The van der Waals surface area contributed by atoms with Crippen molar-refractivity contribution in [2.45, 2.75) is 44.9 Å². The maximum atomic E-state index is 13.3. The average Bonchev–Trinajstić information content (AvgIpc) is 2.86. The highest BCUT2D eigenvalue weighted by molar-refractivity contribution is 5.97. The largest absolute Gasteiger partial charge is 1.00 e. The van der Waals surface area contributed by atoms with Gasteiger partial charge in [0, 0.05) is 18.1 Å². The number of ether oxygens (including phenoxy) is 1. The van der Waals surface area contributed by atoms with Crippen molar-refractivity contribution in [1.82, 2.24) is 4.57 Å². The highest BCUT2D eigenvalue weighted by Crippen LogP contribution is 2.32. The topological polar surface area (TPSA) is 35.1 Å². The molecule has 0 N–H and O–H groups in total. The number of imidazole rings is 1. The average molecular weight is 483 g/mol. The van der Waals surface area contributed by atoms with E-state index in [1.54, 1.807) is 28.8 Å². The molecule has 160 valence electrons. The van der Waals surface area contributed by atoms with Crippen molar-refractivity contribution in [3.05, 3.63) is 59.4 Å². The number of hydrogen-bond acceptors (Lipinski definition) is 2. The first-order valence-corrected chi connectivity index (χ1v) is 9.68. The molecule has 0 bridgehead atoms. The number of alkyl halides is 3. The Morgan fingerprint density at radius 1 is 1.13 bits per heavy atom. The summed E-state index contributed by atoms with van der Waals surface area (Å²) in [4.78, 5) is 13.0. The van der Waals surface area contributed by atoms with E-state index in [0.29, 0.717) is 16.8 Å². The fraction of sp³-hybridized carbons (Fsp3) is 0.364. The molecule has 0 fully saturated rings. The number of nitrogens with zero attached hydrogens (tertiary/aromatic N) is 2. The Hall–Kier alpha value is -2.35. The lowest BCUT2D eigenvalue weighted by atomic mass is 10.1. The highest BCUT2D eigenvalue weighted by atomic mass is 79.9. The number of benzene rings is 2. The summed E-state index contributed by atoms with van der Waals surface area (Å²) in [6, 6.07) is 10.6. The van der Waals surface area contributed by atoms with Crippen molar-refractivity contribution in [3.63, 3.8) is 0 Å². The molecule has 2 aromatic carbocycles. The number of halogens is 4. The van der Waals surface area contributed by atoms with Crippen molar-refractivity contribution < 1.29 is 44.3 Å². The van der Waals surface area contributed by atoms with Crippen LogP contribution in [0.25, 0.3) is 11.0 Å². The molecule has 30 heavy (non-hydrogen) atoms. The number of carbonyl (C=O) groups excluding carboxylic acids is 1. The van der Waals surface area contributed by atoms with E-state index in [1.165, 1.54) is 13.2 Å². The zero-order valence-corrected chi connectivity index (χ0v) is 18.1. The quantitative estimate of drug-likeness (QED) is 0.418. The number of methoxy groups -OCH3 is 1. The van der Waals surface area contributed by atoms with Gasteiger partial charge in [0.1, 0.15) is 5.75 Å². The van der Waals surface area contributed by atoms with Gasteiger partial charge in [0.15, 0.2) is 17.6 Å². The summed E-state index contributed by atoms with van der Waals surface area (Å²) in [6.07, 6.45) is -0.700. The summed E-state index contributed by atoms with van der Waals surface area (Å²) >= 11 is 0. The van der Waals surface area contributed by atoms with Gasteiger partial charge < -0.3 is 21.7 Å². The van der Waals surface area contributed by atoms with Gasteiger partial charge in [-0.15, -0.1) is 0 Å². The molecule has 0 saturated carbocycles. The maximum Gasteiger partial charge on any atom is 0.416 e. The molecule has 3 aromatic rings. The molecule has 4 rings (SSSR count). The van der Waals surface area contributed by atoms with Gasteiger partial charge in [-0.3, -0.25) is 4.79 Å². The fourth-order valence-electron chi connectivity index (χ4n) is 4.03. The molecule has 0 unspecified atom stereocenters. The van der Waals surface area contributed by atoms with Crippen LogP contribution >= 0.6 is 0 Å². The Labute approximate surface area is 183 Å². The number of Topliss-reactive ketones (excluding diaryl/α,β-unsaturated/α-hetero) is 1. The van der Waals surface area contributed by atoms with E-state index in [2.05, 4.69) is 4.57 Å². The van der Waals surface area contributed by atoms with Gasteiger partial charge in [0.2, 0.25) is 5.78 Å². The molecule has 2 heterocycles. The summed E-state index contributed by atoms with van der Waals surface area (Å²) in [5.41, 5.74) is 0.972. The molecule has 0 spiro atoms. The van der Waals surface area contributed by atoms with Gasteiger partial charge in [-0.25, -0.2) is 9.13 Å². The van der Waals surface area contributed by atoms with Crippen molar-refractivity contribution in [2.75, 3.05) is 7.11 Å². The van der Waals surface area contributed by atoms with Crippen LogP contribution < -0.4 is 26.3 Å². The van der Waals surface area contributed by atoms with Gasteiger partial charge in [-0.05, 0) is 43.5 Å². The minimum Gasteiger partial charge on any atom is -1.00 e. The molecule has 1 aliphatic heterocycles. The first kappa shape index (κ1) is 22.3. The molecule has 0 amide bonds. The normalized spacial score (nSPS) is 14.0. The van der Waals surface area contributed by atoms with E-state index in [9.17, 15) is 18.0 Å². The molecule has 0 atom stereocenters. The van der Waals surface area contributed by atoms with Crippen LogP contribution in [-0.4, -0.2) is 17.5 Å². The van der Waals surface area contributed by atoms with Gasteiger partial charge in [0.05, 0.1) is 19.2 Å². The fourth-order valence-corrected chi connectivity index (χ4v) is 4.03. The van der Waals surface area contributed by atoms with Gasteiger partial charge in [-0.2, -0.15) is 13.2 Å². The Morgan fingerprint density at radius 2 is 1.93 bits per heavy atom. The van der Waals surface area contributed by atoms with Crippen LogP contribution in [0.1, 0.15) is 41.0 Å². The zero-order chi connectivity index (χ0) is 20.6. The third-order valence-corrected chi connectivity index (χ3v) is 5.48. The number of aromatic nitrogens is 2. The third-order valence-electron chi connectivity index (χ3n) is 5.48. The lowest BCUT2D eigenvalue weighted by molar-refractivity contribution is -0.678. The van der Waals surface area contributed by atoms with Crippen LogP contribution in [0.3, 0.4) is 0 Å². The molecule has 4 nitrogen and oxygen atoms in total. The summed E-state index contributed by atoms with van der Waals surface area (Å²) in [7, 11) is 1.53. The zero-order valence-electron chi connectivity index (χ0n) is 16.5. The van der Waals surface area contributed by atoms with Crippen LogP contribution in [0.5, 0.6) is 5.75 Å². The van der Waals surface area contributed by atoms with Gasteiger partial charge >= 0.3 is 6.18 Å². The van der Waals surface area contributed by atoms with Crippen LogP contribution in [0.2, 0.25) is 0 Å². The van der Waals surface area contributed by atoms with E-state index < -0.39 is 11.7 Å². The molecule has 1 aromatic heterocycles. The molecule has 0 saturated heterocycles. The minimum atomic E-state index is -4.43. The number of ketones is 1. The Kier molecular flexibility index (Phi) is 6.55. The summed E-state index contributed by atoms with van der Waals surface area (Å²) in [5.74, 6) is 1.32. The first-order valence-electron chi connectivity index (χ1n) is 9.68. The van der Waals surface area contributed by atoms with Crippen molar-refractivity contribution >= 4 is 16.8 Å². The maximum absolute atomic E-state index is 13.3. The standard InChI is InChI=1S/C22H22F3N2O2.BrH/c1-29-17-7-5-6-15(12-17)20(28)14-27-19-13-16(22(23,24)25)9-10-18(19)26-11-4-2-3-8-21(26)27;/h5-7,9-10,12-13H,2-4,8,11,14H2,1H3;1H/q+1;/p-1. The Bertz CT molecular complexity index is 1080. The highest BCUT2D eigenvalue weighted by Gasteiger charge is 2.34. The van der Waals surface area contributed by atoms with Crippen LogP contribution in [0.4, 0.5) is 13.2 Å². The predicted octanol–water partition coefficient (Wildman–Crippen LogP) is 1.57. The predicted molar refractivity (Wildman–Crippen MR) is 102 cm³/mol. The second-order valence-corrected chi connectivity index (χ2v) is 7.32. The van der Waals surface area contributed by atoms with Gasteiger partial charge in [-0.1, -0.05) is 12.1 Å². The first-order chi connectivity index (χ1) is 13.9. The monoisotopic (exact) mass is 482 g/mol. The van der Waals surface area contributed by atoms with E-state index >= 15 is 0 Å². The Balaban J connectivity index is 0.00000256. The van der Waals surface area contributed by atoms with E-state index in [4.69, 9.17) is 4.74 Å². The molecule has 1 aliphatic rings. The number of hydrogen-bond donors (Lipinski definition) is 0. The third kappa shape index (κ3) is 4.24. The molecular weight excluding hydrogens is 461 g/mol. The number of carbonyl (C=O) groups is 1. The summed E-state index contributed by atoms with van der Waals surface area (Å²) < 4.78 is 48.9. The van der Waals surface area contributed by atoms with Gasteiger partial charge in [0.25, 0.3) is 5.82 Å². The lowest BCUT2D eigenvalue weighted by Crippen LogP contribution is -3.00.